The lowest BCUT2D eigenvalue weighted by Gasteiger charge is -2.20. The maximum absolute atomic E-state index is 12.9. The Balaban J connectivity index is 1.96. The third-order valence-corrected chi connectivity index (χ3v) is 8.59. The first-order valence-electron chi connectivity index (χ1n) is 10.2. The Bertz CT molecular complexity index is 1280. The highest BCUT2D eigenvalue weighted by atomic mass is 79.9. The predicted octanol–water partition coefficient (Wildman–Crippen LogP) is 4.27. The zero-order valence-electron chi connectivity index (χ0n) is 18.4. The zero-order valence-corrected chi connectivity index (χ0v) is 21.6. The fraction of sp³-hybridized carbons (Fsp3) is 0.364. The number of hydrogen-bond donors (Lipinski definition) is 0. The summed E-state index contributed by atoms with van der Waals surface area (Å²) >= 11 is 4.90. The summed E-state index contributed by atoms with van der Waals surface area (Å²) in [6.45, 7) is 7.24. The van der Waals surface area contributed by atoms with Crippen molar-refractivity contribution in [2.45, 2.75) is 38.3 Å². The van der Waals surface area contributed by atoms with Crippen LogP contribution in [0, 0.1) is 0 Å². The number of sulfonamides is 1. The van der Waals surface area contributed by atoms with Crippen LogP contribution in [0.15, 0.2) is 56.8 Å². The third-order valence-electron chi connectivity index (χ3n) is 5.01. The number of benzene rings is 2. The highest BCUT2D eigenvalue weighted by Crippen LogP contribution is 2.22. The van der Waals surface area contributed by atoms with Crippen LogP contribution >= 0.6 is 27.3 Å². The van der Waals surface area contributed by atoms with Crippen molar-refractivity contribution in [3.63, 3.8) is 0 Å². The summed E-state index contributed by atoms with van der Waals surface area (Å²) in [4.78, 5) is 17.9. The van der Waals surface area contributed by atoms with Crippen LogP contribution in [0.5, 0.6) is 0 Å². The fourth-order valence-corrected chi connectivity index (χ4v) is 5.99. The SMILES string of the molecule is CCOCCn1c(=NC(=O)c2ccc(S(=O)(=O)N(C)C(C)C)cc2)sc2cc(Br)ccc21. The molecule has 3 rings (SSSR count). The molecule has 0 saturated heterocycles. The van der Waals surface area contributed by atoms with E-state index in [9.17, 15) is 13.2 Å². The minimum absolute atomic E-state index is 0.142. The molecule has 0 radical (unpaired) electrons. The average molecular weight is 541 g/mol. The van der Waals surface area contributed by atoms with Gasteiger partial charge in [0.15, 0.2) is 4.80 Å². The van der Waals surface area contributed by atoms with Crippen LogP contribution < -0.4 is 4.80 Å². The lowest BCUT2D eigenvalue weighted by molar-refractivity contribution is 0.0996. The number of hydrogen-bond acceptors (Lipinski definition) is 5. The van der Waals surface area contributed by atoms with Crippen molar-refractivity contribution in [2.24, 2.45) is 4.99 Å². The smallest absolute Gasteiger partial charge is 0.279 e. The second kappa shape index (κ2) is 10.4. The Hall–Kier alpha value is -1.85. The van der Waals surface area contributed by atoms with Crippen LogP contribution in [-0.2, 0) is 21.3 Å². The molecule has 0 N–H and O–H groups in total. The van der Waals surface area contributed by atoms with E-state index in [-0.39, 0.29) is 10.9 Å². The van der Waals surface area contributed by atoms with Crippen molar-refractivity contribution in [2.75, 3.05) is 20.3 Å². The number of thiazole rings is 1. The minimum atomic E-state index is -3.61. The molecule has 1 aromatic heterocycles. The minimum Gasteiger partial charge on any atom is -0.380 e. The van der Waals surface area contributed by atoms with Gasteiger partial charge in [-0.3, -0.25) is 4.79 Å². The van der Waals surface area contributed by atoms with Crippen LogP contribution in [0.25, 0.3) is 10.2 Å². The van der Waals surface area contributed by atoms with Crippen LogP contribution in [0.1, 0.15) is 31.1 Å². The summed E-state index contributed by atoms with van der Waals surface area (Å²) in [6.07, 6.45) is 0. The molecule has 0 aliphatic heterocycles. The number of fused-ring (bicyclic) bond motifs is 1. The lowest BCUT2D eigenvalue weighted by Crippen LogP contribution is -2.33. The van der Waals surface area contributed by atoms with Crippen LogP contribution in [0.4, 0.5) is 0 Å². The normalized spacial score (nSPS) is 12.9. The van der Waals surface area contributed by atoms with Gasteiger partial charge in [0, 0.05) is 36.3 Å². The molecule has 1 heterocycles. The zero-order chi connectivity index (χ0) is 23.5. The molecule has 2 aromatic carbocycles. The van der Waals surface area contributed by atoms with Gasteiger partial charge in [0.2, 0.25) is 10.0 Å². The number of carbonyl (C=O) groups excluding carboxylic acids is 1. The Morgan fingerprint density at radius 2 is 1.91 bits per heavy atom. The predicted molar refractivity (Wildman–Crippen MR) is 130 cm³/mol. The Kier molecular flexibility index (Phi) is 8.05. The Labute approximate surface area is 200 Å². The molecule has 1 amide bonds. The maximum Gasteiger partial charge on any atom is 0.279 e. The maximum atomic E-state index is 12.9. The number of carbonyl (C=O) groups is 1. The van der Waals surface area contributed by atoms with Crippen LogP contribution in [0.3, 0.4) is 0 Å². The Morgan fingerprint density at radius 1 is 1.22 bits per heavy atom. The summed E-state index contributed by atoms with van der Waals surface area (Å²) in [5.41, 5.74) is 1.30. The highest BCUT2D eigenvalue weighted by Gasteiger charge is 2.23. The molecule has 10 heteroatoms. The number of rotatable bonds is 8. The second-order valence-corrected chi connectivity index (χ2v) is 11.3. The van der Waals surface area contributed by atoms with Gasteiger partial charge in [-0.1, -0.05) is 27.3 Å². The van der Waals surface area contributed by atoms with E-state index in [1.165, 1.54) is 47.0 Å². The molecular weight excluding hydrogens is 514 g/mol. The molecular formula is C22H26BrN3O4S2. The molecule has 0 unspecified atom stereocenters. The van der Waals surface area contributed by atoms with E-state index in [4.69, 9.17) is 4.74 Å². The largest absolute Gasteiger partial charge is 0.380 e. The van der Waals surface area contributed by atoms with Crippen molar-refractivity contribution >= 4 is 53.4 Å². The second-order valence-electron chi connectivity index (χ2n) is 7.40. The molecule has 32 heavy (non-hydrogen) atoms. The molecule has 7 nitrogen and oxygen atoms in total. The lowest BCUT2D eigenvalue weighted by atomic mass is 10.2. The third kappa shape index (κ3) is 5.37. The van der Waals surface area contributed by atoms with Gasteiger partial charge in [-0.2, -0.15) is 9.30 Å². The first kappa shape index (κ1) is 24.8. The van der Waals surface area contributed by atoms with E-state index >= 15 is 0 Å². The summed E-state index contributed by atoms with van der Waals surface area (Å²) in [6, 6.07) is 11.6. The highest BCUT2D eigenvalue weighted by molar-refractivity contribution is 9.10. The van der Waals surface area contributed by atoms with Crippen molar-refractivity contribution in [3.05, 3.63) is 57.3 Å². The van der Waals surface area contributed by atoms with Crippen LogP contribution in [-0.4, -0.2) is 49.5 Å². The first-order chi connectivity index (χ1) is 15.1. The number of ether oxygens (including phenoxy) is 1. The molecule has 0 saturated carbocycles. The standard InChI is InChI=1S/C22H26BrN3O4S2/c1-5-30-13-12-26-19-11-8-17(23)14-20(19)31-22(26)24-21(27)16-6-9-18(10-7-16)32(28,29)25(4)15(2)3/h6-11,14-15H,5,12-13H2,1-4H3. The monoisotopic (exact) mass is 539 g/mol. The average Bonchev–Trinajstić information content (AvgIpc) is 3.09. The van der Waals surface area contributed by atoms with E-state index in [1.807, 2.05) is 29.7 Å². The summed E-state index contributed by atoms with van der Waals surface area (Å²) in [7, 11) is -2.07. The van der Waals surface area contributed by atoms with E-state index < -0.39 is 15.9 Å². The first-order valence-corrected chi connectivity index (χ1v) is 13.2. The van der Waals surface area contributed by atoms with E-state index in [2.05, 4.69) is 20.9 Å². The van der Waals surface area contributed by atoms with Gasteiger partial charge in [0.25, 0.3) is 5.91 Å². The van der Waals surface area contributed by atoms with E-state index in [0.29, 0.717) is 30.1 Å². The van der Waals surface area contributed by atoms with Gasteiger partial charge in [0.05, 0.1) is 21.7 Å². The summed E-state index contributed by atoms with van der Waals surface area (Å²) in [5, 5.41) is 0. The number of halogens is 1. The van der Waals surface area contributed by atoms with Crippen LogP contribution in [0.2, 0.25) is 0 Å². The van der Waals surface area contributed by atoms with Crippen molar-refractivity contribution in [3.8, 4) is 0 Å². The number of aromatic nitrogens is 1. The topological polar surface area (TPSA) is 81.0 Å². The van der Waals surface area contributed by atoms with Crippen molar-refractivity contribution < 1.29 is 17.9 Å². The summed E-state index contributed by atoms with van der Waals surface area (Å²) in [5.74, 6) is -0.429. The molecule has 3 aromatic rings. The number of nitrogens with zero attached hydrogens (tertiary/aromatic N) is 3. The molecule has 0 aliphatic carbocycles. The molecule has 172 valence electrons. The van der Waals surface area contributed by atoms with Gasteiger partial charge in [-0.15, -0.1) is 0 Å². The molecule has 0 atom stereocenters. The van der Waals surface area contributed by atoms with Crippen molar-refractivity contribution in [1.29, 1.82) is 0 Å². The molecule has 0 fully saturated rings. The number of amides is 1. The fourth-order valence-electron chi connectivity index (χ4n) is 3.01. The Morgan fingerprint density at radius 3 is 2.53 bits per heavy atom. The molecule has 0 spiro atoms. The van der Waals surface area contributed by atoms with Gasteiger partial charge in [-0.05, 0) is 63.2 Å². The van der Waals surface area contributed by atoms with E-state index in [0.717, 1.165) is 14.7 Å². The van der Waals surface area contributed by atoms with E-state index in [1.54, 1.807) is 13.8 Å². The molecule has 0 bridgehead atoms. The van der Waals surface area contributed by atoms with Gasteiger partial charge in [0.1, 0.15) is 0 Å². The quantitative estimate of drug-likeness (QED) is 0.400. The molecule has 0 aliphatic rings. The van der Waals surface area contributed by atoms with Gasteiger partial charge >= 0.3 is 0 Å². The van der Waals surface area contributed by atoms with Gasteiger partial charge in [-0.25, -0.2) is 8.42 Å². The summed E-state index contributed by atoms with van der Waals surface area (Å²) < 4.78 is 36.0. The van der Waals surface area contributed by atoms with Gasteiger partial charge < -0.3 is 9.30 Å². The van der Waals surface area contributed by atoms with Crippen molar-refractivity contribution in [1.82, 2.24) is 8.87 Å².